The lowest BCUT2D eigenvalue weighted by atomic mass is 10.1. The van der Waals surface area contributed by atoms with E-state index in [0.29, 0.717) is 5.88 Å². The van der Waals surface area contributed by atoms with Crippen molar-refractivity contribution in [2.24, 2.45) is 5.92 Å². The molecule has 0 spiro atoms. The van der Waals surface area contributed by atoms with Gasteiger partial charge in [-0.2, -0.15) is 0 Å². The summed E-state index contributed by atoms with van der Waals surface area (Å²) in [5.74, 6) is 0.300. The van der Waals surface area contributed by atoms with Crippen LogP contribution >= 0.6 is 0 Å². The lowest BCUT2D eigenvalue weighted by molar-refractivity contribution is -0.138. The number of nitrogens with one attached hydrogen (secondary N) is 1. The number of rotatable bonds is 3. The van der Waals surface area contributed by atoms with Crippen LogP contribution in [0.3, 0.4) is 0 Å². The fraction of sp³-hybridized carbons (Fsp3) is 0.444. The van der Waals surface area contributed by atoms with Crippen LogP contribution in [0.4, 0.5) is 0 Å². The molecule has 1 aromatic rings. The van der Waals surface area contributed by atoms with E-state index >= 15 is 0 Å². The first-order valence-corrected chi connectivity index (χ1v) is 4.09. The monoisotopic (exact) mass is 167 g/mol. The summed E-state index contributed by atoms with van der Waals surface area (Å²) in [7, 11) is 0. The Kier molecular flexibility index (Phi) is 2.91. The number of H-pyrrole nitrogens is 1. The highest BCUT2D eigenvalue weighted by Crippen LogP contribution is 2.09. The van der Waals surface area contributed by atoms with Gasteiger partial charge in [-0.1, -0.05) is 13.8 Å². The number of aromatic nitrogens is 1. The maximum absolute atomic E-state index is 11.2. The molecule has 1 unspecified atom stereocenters. The van der Waals surface area contributed by atoms with Crippen LogP contribution in [0.25, 0.3) is 0 Å². The standard InChI is InChI=1S/C9H13NO2/c1-3-7(2)9(11)12-8-5-4-6-10-8/h4-7,10H,3H2,1-2H3. The second kappa shape index (κ2) is 3.95. The molecule has 0 radical (unpaired) electrons. The lowest BCUT2D eigenvalue weighted by Gasteiger charge is -2.06. The van der Waals surface area contributed by atoms with Crippen molar-refractivity contribution in [2.45, 2.75) is 20.3 Å². The van der Waals surface area contributed by atoms with E-state index in [0.717, 1.165) is 6.42 Å². The molecule has 1 aromatic heterocycles. The summed E-state index contributed by atoms with van der Waals surface area (Å²) in [5.41, 5.74) is 0. The van der Waals surface area contributed by atoms with Crippen LogP contribution in [0.1, 0.15) is 20.3 Å². The fourth-order valence-corrected chi connectivity index (χ4v) is 0.753. The first kappa shape index (κ1) is 8.84. The molecule has 1 heterocycles. The minimum Gasteiger partial charge on any atom is -0.409 e. The molecule has 0 amide bonds. The zero-order chi connectivity index (χ0) is 8.97. The molecule has 12 heavy (non-hydrogen) atoms. The van der Waals surface area contributed by atoms with Crippen LogP contribution in [0, 0.1) is 5.92 Å². The number of esters is 1. The highest BCUT2D eigenvalue weighted by molar-refractivity contribution is 5.74. The smallest absolute Gasteiger partial charge is 0.315 e. The zero-order valence-electron chi connectivity index (χ0n) is 7.33. The summed E-state index contributed by atoms with van der Waals surface area (Å²) < 4.78 is 5.01. The van der Waals surface area contributed by atoms with Gasteiger partial charge < -0.3 is 9.72 Å². The average molecular weight is 167 g/mol. The van der Waals surface area contributed by atoms with Crippen molar-refractivity contribution < 1.29 is 9.53 Å². The molecular formula is C9H13NO2. The van der Waals surface area contributed by atoms with Gasteiger partial charge in [0.15, 0.2) is 0 Å². The largest absolute Gasteiger partial charge is 0.409 e. The zero-order valence-corrected chi connectivity index (χ0v) is 7.33. The maximum Gasteiger partial charge on any atom is 0.315 e. The quantitative estimate of drug-likeness (QED) is 0.699. The Labute approximate surface area is 71.7 Å². The van der Waals surface area contributed by atoms with E-state index < -0.39 is 0 Å². The third-order valence-corrected chi connectivity index (χ3v) is 1.79. The Balaban J connectivity index is 2.47. The van der Waals surface area contributed by atoms with Crippen LogP contribution in [-0.2, 0) is 4.79 Å². The molecule has 3 heteroatoms. The van der Waals surface area contributed by atoms with Crippen molar-refractivity contribution in [3.63, 3.8) is 0 Å². The molecule has 0 fully saturated rings. The minimum absolute atomic E-state index is 0.0340. The minimum atomic E-state index is -0.181. The van der Waals surface area contributed by atoms with E-state index in [9.17, 15) is 4.79 Å². The van der Waals surface area contributed by atoms with Crippen molar-refractivity contribution in [1.29, 1.82) is 0 Å². The van der Waals surface area contributed by atoms with Crippen molar-refractivity contribution in [3.8, 4) is 5.88 Å². The van der Waals surface area contributed by atoms with Crippen molar-refractivity contribution in [3.05, 3.63) is 18.3 Å². The van der Waals surface area contributed by atoms with E-state index in [1.165, 1.54) is 0 Å². The SMILES string of the molecule is CCC(C)C(=O)Oc1ccc[nH]1. The molecule has 0 aliphatic rings. The van der Waals surface area contributed by atoms with E-state index in [4.69, 9.17) is 4.74 Å². The van der Waals surface area contributed by atoms with Crippen LogP contribution in [0.2, 0.25) is 0 Å². The first-order chi connectivity index (χ1) is 5.74. The van der Waals surface area contributed by atoms with Crippen molar-refractivity contribution in [1.82, 2.24) is 4.98 Å². The second-order valence-electron chi connectivity index (χ2n) is 2.76. The molecular weight excluding hydrogens is 154 g/mol. The van der Waals surface area contributed by atoms with Crippen molar-refractivity contribution >= 4 is 5.97 Å². The van der Waals surface area contributed by atoms with Crippen LogP contribution < -0.4 is 4.74 Å². The molecule has 0 aliphatic heterocycles. The fourth-order valence-electron chi connectivity index (χ4n) is 0.753. The maximum atomic E-state index is 11.2. The van der Waals surface area contributed by atoms with E-state index in [2.05, 4.69) is 4.98 Å². The molecule has 0 saturated carbocycles. The van der Waals surface area contributed by atoms with Gasteiger partial charge in [0.1, 0.15) is 0 Å². The molecule has 1 N–H and O–H groups in total. The van der Waals surface area contributed by atoms with Crippen LogP contribution in [0.5, 0.6) is 5.88 Å². The Bertz CT molecular complexity index is 241. The predicted molar refractivity (Wildman–Crippen MR) is 45.9 cm³/mol. The van der Waals surface area contributed by atoms with Gasteiger partial charge in [0.25, 0.3) is 0 Å². The molecule has 1 atom stereocenters. The van der Waals surface area contributed by atoms with Crippen LogP contribution in [0.15, 0.2) is 18.3 Å². The average Bonchev–Trinajstić information content (AvgIpc) is 2.55. The van der Waals surface area contributed by atoms with Gasteiger partial charge in [0.05, 0.1) is 5.92 Å². The third kappa shape index (κ3) is 2.12. The van der Waals surface area contributed by atoms with Gasteiger partial charge >= 0.3 is 5.97 Å². The lowest BCUT2D eigenvalue weighted by Crippen LogP contribution is -2.16. The number of carbonyl (C=O) groups is 1. The van der Waals surface area contributed by atoms with Gasteiger partial charge in [-0.15, -0.1) is 0 Å². The molecule has 0 aromatic carbocycles. The van der Waals surface area contributed by atoms with Gasteiger partial charge in [0.2, 0.25) is 5.88 Å². The van der Waals surface area contributed by atoms with Gasteiger partial charge in [-0.3, -0.25) is 4.79 Å². The summed E-state index contributed by atoms with van der Waals surface area (Å²) in [4.78, 5) is 14.0. The summed E-state index contributed by atoms with van der Waals surface area (Å²) in [6, 6.07) is 3.51. The summed E-state index contributed by atoms with van der Waals surface area (Å²) in [5, 5.41) is 0. The highest BCUT2D eigenvalue weighted by Gasteiger charge is 2.12. The normalized spacial score (nSPS) is 12.5. The number of hydrogen-bond donors (Lipinski definition) is 1. The number of hydrogen-bond acceptors (Lipinski definition) is 2. The van der Waals surface area contributed by atoms with Gasteiger partial charge in [-0.25, -0.2) is 0 Å². The Hall–Kier alpha value is -1.25. The van der Waals surface area contributed by atoms with Gasteiger partial charge in [-0.05, 0) is 12.5 Å². The molecule has 1 rings (SSSR count). The van der Waals surface area contributed by atoms with E-state index in [-0.39, 0.29) is 11.9 Å². The Morgan fingerprint density at radius 1 is 1.75 bits per heavy atom. The summed E-state index contributed by atoms with van der Waals surface area (Å²) >= 11 is 0. The number of ether oxygens (including phenoxy) is 1. The Morgan fingerprint density at radius 3 is 3.00 bits per heavy atom. The second-order valence-corrected chi connectivity index (χ2v) is 2.76. The molecule has 66 valence electrons. The third-order valence-electron chi connectivity index (χ3n) is 1.79. The first-order valence-electron chi connectivity index (χ1n) is 4.09. The van der Waals surface area contributed by atoms with Crippen LogP contribution in [-0.4, -0.2) is 11.0 Å². The predicted octanol–water partition coefficient (Wildman–Crippen LogP) is 1.97. The van der Waals surface area contributed by atoms with Gasteiger partial charge in [0, 0.05) is 12.3 Å². The van der Waals surface area contributed by atoms with E-state index in [1.54, 1.807) is 18.3 Å². The van der Waals surface area contributed by atoms with Crippen molar-refractivity contribution in [2.75, 3.05) is 0 Å². The van der Waals surface area contributed by atoms with E-state index in [1.807, 2.05) is 13.8 Å². The molecule has 0 aliphatic carbocycles. The number of carbonyl (C=O) groups excluding carboxylic acids is 1. The molecule has 3 nitrogen and oxygen atoms in total. The summed E-state index contributed by atoms with van der Waals surface area (Å²) in [6.45, 7) is 3.81. The molecule has 0 saturated heterocycles. The highest BCUT2D eigenvalue weighted by atomic mass is 16.5. The Morgan fingerprint density at radius 2 is 2.50 bits per heavy atom. The summed E-state index contributed by atoms with van der Waals surface area (Å²) in [6.07, 6.45) is 2.53. The topological polar surface area (TPSA) is 42.1 Å². The number of aromatic amines is 1. The molecule has 0 bridgehead atoms.